The van der Waals surface area contributed by atoms with E-state index in [2.05, 4.69) is 31.3 Å². The monoisotopic (exact) mass is 199 g/mol. The quantitative estimate of drug-likeness (QED) is 0.620. The summed E-state index contributed by atoms with van der Waals surface area (Å²) in [4.78, 5) is 0. The largest absolute Gasteiger partial charge is 1.00 e. The predicted octanol–water partition coefficient (Wildman–Crippen LogP) is 0.160. The van der Waals surface area contributed by atoms with E-state index in [1.807, 2.05) is 18.2 Å². The normalized spacial score (nSPS) is 12.3. The number of rotatable bonds is 5. The molecule has 3 heteroatoms. The summed E-state index contributed by atoms with van der Waals surface area (Å²) in [7, 11) is 1.71. The fourth-order valence-electron chi connectivity index (χ4n) is 1.42. The topological polar surface area (TPSA) is 23.3 Å². The van der Waals surface area contributed by atoms with Crippen LogP contribution < -0.4 is 18.9 Å². The van der Waals surface area contributed by atoms with Crippen LogP contribution in [0.5, 0.6) is 0 Å². The van der Waals surface area contributed by atoms with Crippen LogP contribution in [0.25, 0.3) is 5.32 Å². The van der Waals surface area contributed by atoms with Gasteiger partial charge in [-0.1, -0.05) is 55.8 Å². The van der Waals surface area contributed by atoms with Gasteiger partial charge in [-0.3, -0.25) is 0 Å². The fraction of sp³-hybridized carbons (Fsp3) is 0.500. The van der Waals surface area contributed by atoms with Gasteiger partial charge in [-0.15, -0.1) is 6.04 Å². The SMILES string of the molecule is COC[C@@H]([N-]C(C)C)c1ccccc1.[Li+]. The molecule has 0 fully saturated rings. The van der Waals surface area contributed by atoms with E-state index in [0.717, 1.165) is 0 Å². The van der Waals surface area contributed by atoms with Crippen molar-refractivity contribution >= 4 is 0 Å². The molecule has 0 aliphatic carbocycles. The fourth-order valence-corrected chi connectivity index (χ4v) is 1.42. The third-order valence-electron chi connectivity index (χ3n) is 1.99. The first kappa shape index (κ1) is 14.7. The Bertz CT molecular complexity index is 251. The second kappa shape index (κ2) is 7.96. The molecular formula is C12H18LiNO. The average Bonchev–Trinajstić information content (AvgIpc) is 2.18. The van der Waals surface area contributed by atoms with E-state index in [0.29, 0.717) is 12.6 Å². The van der Waals surface area contributed by atoms with Gasteiger partial charge < -0.3 is 10.1 Å². The van der Waals surface area contributed by atoms with Crippen LogP contribution in [0.1, 0.15) is 25.5 Å². The Morgan fingerprint density at radius 1 is 1.20 bits per heavy atom. The van der Waals surface area contributed by atoms with Crippen LogP contribution in [0.15, 0.2) is 30.3 Å². The zero-order chi connectivity index (χ0) is 10.4. The molecule has 0 bridgehead atoms. The number of benzene rings is 1. The number of methoxy groups -OCH3 is 1. The van der Waals surface area contributed by atoms with Crippen LogP contribution in [0.4, 0.5) is 0 Å². The summed E-state index contributed by atoms with van der Waals surface area (Å²) in [5.41, 5.74) is 1.23. The summed E-state index contributed by atoms with van der Waals surface area (Å²) in [6.45, 7) is 4.83. The minimum Gasteiger partial charge on any atom is -0.652 e. The molecular weight excluding hydrogens is 181 g/mol. The Balaban J connectivity index is 0.00000196. The molecule has 0 heterocycles. The molecule has 0 saturated carbocycles. The summed E-state index contributed by atoms with van der Waals surface area (Å²) in [5.74, 6) is 0. The summed E-state index contributed by atoms with van der Waals surface area (Å²) in [6.07, 6.45) is 0. The molecule has 0 aliphatic rings. The van der Waals surface area contributed by atoms with Gasteiger partial charge in [0.1, 0.15) is 0 Å². The van der Waals surface area contributed by atoms with E-state index in [9.17, 15) is 0 Å². The first-order valence-corrected chi connectivity index (χ1v) is 4.98. The van der Waals surface area contributed by atoms with Gasteiger partial charge in [-0.25, -0.2) is 0 Å². The Hall–Kier alpha value is -0.263. The van der Waals surface area contributed by atoms with Crippen molar-refractivity contribution in [3.63, 3.8) is 0 Å². The molecule has 0 aliphatic heterocycles. The average molecular weight is 199 g/mol. The molecule has 2 nitrogen and oxygen atoms in total. The van der Waals surface area contributed by atoms with Crippen molar-refractivity contribution in [3.8, 4) is 0 Å². The summed E-state index contributed by atoms with van der Waals surface area (Å²) < 4.78 is 5.17. The van der Waals surface area contributed by atoms with Crippen molar-refractivity contribution in [2.75, 3.05) is 13.7 Å². The Labute approximate surface area is 105 Å². The first-order valence-electron chi connectivity index (χ1n) is 4.98. The van der Waals surface area contributed by atoms with Gasteiger partial charge in [0, 0.05) is 13.7 Å². The molecule has 1 rings (SSSR count). The number of ether oxygens (including phenoxy) is 1. The number of hydrogen-bond donors (Lipinski definition) is 0. The number of hydrogen-bond acceptors (Lipinski definition) is 1. The van der Waals surface area contributed by atoms with Crippen molar-refractivity contribution in [3.05, 3.63) is 41.2 Å². The Morgan fingerprint density at radius 3 is 2.27 bits per heavy atom. The second-order valence-corrected chi connectivity index (χ2v) is 3.62. The maximum Gasteiger partial charge on any atom is 1.00 e. The van der Waals surface area contributed by atoms with Gasteiger partial charge in [-0.2, -0.15) is 0 Å². The molecule has 0 saturated heterocycles. The van der Waals surface area contributed by atoms with Gasteiger partial charge in [0.25, 0.3) is 0 Å². The van der Waals surface area contributed by atoms with E-state index in [1.165, 1.54) is 5.56 Å². The molecule has 0 aromatic heterocycles. The van der Waals surface area contributed by atoms with E-state index in [-0.39, 0.29) is 24.9 Å². The van der Waals surface area contributed by atoms with Gasteiger partial charge in [0.15, 0.2) is 0 Å². The van der Waals surface area contributed by atoms with Crippen LogP contribution in [-0.2, 0) is 4.74 Å². The van der Waals surface area contributed by atoms with Crippen molar-refractivity contribution < 1.29 is 23.6 Å². The molecule has 78 valence electrons. The second-order valence-electron chi connectivity index (χ2n) is 3.62. The molecule has 1 atom stereocenters. The van der Waals surface area contributed by atoms with E-state index >= 15 is 0 Å². The summed E-state index contributed by atoms with van der Waals surface area (Å²) in [6, 6.07) is 10.8. The smallest absolute Gasteiger partial charge is 0.652 e. The number of nitrogens with zero attached hydrogens (tertiary/aromatic N) is 1. The summed E-state index contributed by atoms with van der Waals surface area (Å²) >= 11 is 0. The Morgan fingerprint density at radius 2 is 1.80 bits per heavy atom. The maximum atomic E-state index is 5.17. The molecule has 0 unspecified atom stereocenters. The van der Waals surface area contributed by atoms with Gasteiger partial charge in [0.05, 0.1) is 0 Å². The standard InChI is InChI=1S/C12H18NO.Li/c1-10(2)13-12(9-14-3)11-7-5-4-6-8-11;/h4-8,10,12H,9H2,1-3H3;/q-1;+1/t12-;/m1./s1. The van der Waals surface area contributed by atoms with Crippen molar-refractivity contribution in [2.24, 2.45) is 0 Å². The first-order chi connectivity index (χ1) is 6.74. The van der Waals surface area contributed by atoms with E-state index in [4.69, 9.17) is 4.74 Å². The minimum absolute atomic E-state index is 0. The zero-order valence-corrected chi connectivity index (χ0v) is 10.1. The third kappa shape index (κ3) is 5.39. The van der Waals surface area contributed by atoms with Crippen LogP contribution in [0.2, 0.25) is 0 Å². The van der Waals surface area contributed by atoms with Crippen LogP contribution in [0.3, 0.4) is 0 Å². The third-order valence-corrected chi connectivity index (χ3v) is 1.99. The van der Waals surface area contributed by atoms with Gasteiger partial charge >= 0.3 is 18.9 Å². The minimum atomic E-state index is 0. The maximum absolute atomic E-state index is 5.17. The molecule has 15 heavy (non-hydrogen) atoms. The van der Waals surface area contributed by atoms with Gasteiger partial charge in [-0.05, 0) is 0 Å². The molecule has 0 radical (unpaired) electrons. The summed E-state index contributed by atoms with van der Waals surface area (Å²) in [5, 5.41) is 4.61. The molecule has 1 aromatic rings. The predicted molar refractivity (Wildman–Crippen MR) is 59.6 cm³/mol. The molecule has 0 amide bonds. The van der Waals surface area contributed by atoms with E-state index in [1.54, 1.807) is 7.11 Å². The van der Waals surface area contributed by atoms with Crippen LogP contribution in [-0.4, -0.2) is 19.8 Å². The molecule has 0 N–H and O–H groups in total. The molecule has 1 aromatic carbocycles. The Kier molecular flexibility index (Phi) is 7.82. The van der Waals surface area contributed by atoms with E-state index < -0.39 is 0 Å². The van der Waals surface area contributed by atoms with Crippen LogP contribution >= 0.6 is 0 Å². The van der Waals surface area contributed by atoms with Crippen molar-refractivity contribution in [1.29, 1.82) is 0 Å². The van der Waals surface area contributed by atoms with Crippen LogP contribution in [0, 0.1) is 0 Å². The molecule has 0 spiro atoms. The van der Waals surface area contributed by atoms with Crippen molar-refractivity contribution in [1.82, 2.24) is 0 Å². The van der Waals surface area contributed by atoms with Crippen molar-refractivity contribution in [2.45, 2.75) is 25.9 Å². The van der Waals surface area contributed by atoms with Gasteiger partial charge in [0.2, 0.25) is 0 Å². The zero-order valence-electron chi connectivity index (χ0n) is 10.1.